The number of rotatable bonds is 8. The summed E-state index contributed by atoms with van der Waals surface area (Å²) < 4.78 is 66.3. The topological polar surface area (TPSA) is 113 Å². The molecule has 2 heterocycles. The summed E-state index contributed by atoms with van der Waals surface area (Å²) in [5.41, 5.74) is 1.22. The Morgan fingerprint density at radius 3 is 2.38 bits per heavy atom. The monoisotopic (exact) mass is 604 g/mol. The van der Waals surface area contributed by atoms with Gasteiger partial charge in [-0.05, 0) is 75.9 Å². The fourth-order valence-electron chi connectivity index (χ4n) is 5.30. The number of sulfonamides is 1. The molecule has 0 bridgehead atoms. The fraction of sp³-hybridized carbons (Fsp3) is 0.467. The number of carbonyl (C=O) groups is 2. The lowest BCUT2D eigenvalue weighted by atomic mass is 9.94. The zero-order valence-electron chi connectivity index (χ0n) is 24.7. The summed E-state index contributed by atoms with van der Waals surface area (Å²) in [6, 6.07) is 8.98. The van der Waals surface area contributed by atoms with Gasteiger partial charge in [0.15, 0.2) is 0 Å². The molecule has 4 rings (SSSR count). The molecular formula is C30H37FN2O8S. The zero-order chi connectivity index (χ0) is 30.8. The molecule has 0 N–H and O–H groups in total. The lowest BCUT2D eigenvalue weighted by molar-refractivity contribution is -0.00131. The number of benzene rings is 2. The van der Waals surface area contributed by atoms with Crippen LogP contribution < -0.4 is 4.74 Å². The van der Waals surface area contributed by atoms with E-state index in [0.717, 1.165) is 0 Å². The number of carbonyl (C=O) groups excluding carboxylic acids is 2. The van der Waals surface area contributed by atoms with E-state index in [2.05, 4.69) is 0 Å². The third-order valence-electron chi connectivity index (χ3n) is 7.11. The van der Waals surface area contributed by atoms with Crippen LogP contribution in [0.2, 0.25) is 0 Å². The van der Waals surface area contributed by atoms with E-state index in [-0.39, 0.29) is 36.3 Å². The van der Waals surface area contributed by atoms with E-state index in [0.29, 0.717) is 34.0 Å². The van der Waals surface area contributed by atoms with Crippen molar-refractivity contribution in [3.63, 3.8) is 0 Å². The first-order valence-corrected chi connectivity index (χ1v) is 15.1. The van der Waals surface area contributed by atoms with Crippen LogP contribution in [0, 0.1) is 6.92 Å². The van der Waals surface area contributed by atoms with Crippen LogP contribution in [0.1, 0.15) is 61.1 Å². The van der Waals surface area contributed by atoms with Gasteiger partial charge < -0.3 is 18.9 Å². The smallest absolute Gasteiger partial charge is 0.419 e. The number of aryl methyl sites for hydroxylation is 1. The van der Waals surface area contributed by atoms with Crippen molar-refractivity contribution in [1.29, 1.82) is 0 Å². The van der Waals surface area contributed by atoms with Gasteiger partial charge in [0, 0.05) is 18.1 Å². The van der Waals surface area contributed by atoms with E-state index >= 15 is 0 Å². The molecule has 2 aromatic carbocycles. The normalized spacial score (nSPS) is 18.2. The Labute approximate surface area is 245 Å². The Kier molecular flexibility index (Phi) is 9.29. The number of piperidine rings is 1. The van der Waals surface area contributed by atoms with E-state index in [1.54, 1.807) is 64.1 Å². The highest BCUT2D eigenvalue weighted by molar-refractivity contribution is 7.89. The molecule has 1 aliphatic rings. The van der Waals surface area contributed by atoms with Crippen molar-refractivity contribution in [2.24, 2.45) is 0 Å². The Balaban J connectivity index is 1.84. The molecule has 1 saturated heterocycles. The van der Waals surface area contributed by atoms with Crippen molar-refractivity contribution >= 4 is 33.0 Å². The Morgan fingerprint density at radius 1 is 1.10 bits per heavy atom. The lowest BCUT2D eigenvalue weighted by Crippen LogP contribution is -2.43. The molecule has 2 atom stereocenters. The van der Waals surface area contributed by atoms with Crippen LogP contribution in [0.15, 0.2) is 47.5 Å². The van der Waals surface area contributed by atoms with Crippen molar-refractivity contribution in [1.82, 2.24) is 8.87 Å². The number of esters is 1. The SMILES string of the molecule is COC(=O)c1ccc([C@@H]2C[C@H](OCCF)CCN2S(=O)(=O)c2c(OC)cc(C)c3c2ccn3C(=O)OC(C)(C)C)cc1. The maximum Gasteiger partial charge on any atom is 0.419 e. The van der Waals surface area contributed by atoms with E-state index in [1.165, 1.54) is 29.3 Å². The third-order valence-corrected chi connectivity index (χ3v) is 9.10. The van der Waals surface area contributed by atoms with E-state index < -0.39 is 40.4 Å². The third kappa shape index (κ3) is 6.30. The average Bonchev–Trinajstić information content (AvgIpc) is 3.40. The number of hydrogen-bond acceptors (Lipinski definition) is 8. The Morgan fingerprint density at radius 2 is 1.79 bits per heavy atom. The number of aromatic nitrogens is 1. The second kappa shape index (κ2) is 12.4. The summed E-state index contributed by atoms with van der Waals surface area (Å²) in [4.78, 5) is 25.0. The van der Waals surface area contributed by atoms with Crippen LogP contribution in [0.25, 0.3) is 10.9 Å². The molecule has 1 aromatic heterocycles. The number of methoxy groups -OCH3 is 2. The highest BCUT2D eigenvalue weighted by Crippen LogP contribution is 2.42. The summed E-state index contributed by atoms with van der Waals surface area (Å²) in [5.74, 6) is -0.377. The van der Waals surface area contributed by atoms with Gasteiger partial charge in [-0.2, -0.15) is 4.31 Å². The molecule has 0 aliphatic carbocycles. The minimum absolute atomic E-state index is 0.0767. The largest absolute Gasteiger partial charge is 0.495 e. The summed E-state index contributed by atoms with van der Waals surface area (Å²) in [7, 11) is -1.57. The molecular weight excluding hydrogens is 567 g/mol. The Bertz CT molecular complexity index is 1560. The van der Waals surface area contributed by atoms with Gasteiger partial charge in [-0.15, -0.1) is 0 Å². The fourth-order valence-corrected chi connectivity index (χ4v) is 7.26. The molecule has 0 radical (unpaired) electrons. The summed E-state index contributed by atoms with van der Waals surface area (Å²) >= 11 is 0. The van der Waals surface area contributed by atoms with Gasteiger partial charge in [-0.1, -0.05) is 12.1 Å². The molecule has 42 heavy (non-hydrogen) atoms. The van der Waals surface area contributed by atoms with Gasteiger partial charge >= 0.3 is 12.1 Å². The number of nitrogens with zero attached hydrogens (tertiary/aromatic N) is 2. The van der Waals surface area contributed by atoms with Crippen molar-refractivity contribution in [2.75, 3.05) is 34.0 Å². The zero-order valence-corrected chi connectivity index (χ0v) is 25.5. The van der Waals surface area contributed by atoms with E-state index in [9.17, 15) is 22.4 Å². The second-order valence-electron chi connectivity index (χ2n) is 11.1. The number of fused-ring (bicyclic) bond motifs is 1. The number of alkyl halides is 1. The number of halogens is 1. The quantitative estimate of drug-likeness (QED) is 0.314. The summed E-state index contributed by atoms with van der Waals surface area (Å²) in [6.07, 6.45) is 1.11. The van der Waals surface area contributed by atoms with Crippen LogP contribution in [-0.4, -0.2) is 75.1 Å². The van der Waals surface area contributed by atoms with Gasteiger partial charge in [0.1, 0.15) is 22.9 Å². The molecule has 0 spiro atoms. The minimum Gasteiger partial charge on any atom is -0.495 e. The molecule has 0 saturated carbocycles. The molecule has 1 aliphatic heterocycles. The van der Waals surface area contributed by atoms with E-state index in [4.69, 9.17) is 18.9 Å². The lowest BCUT2D eigenvalue weighted by Gasteiger charge is -2.39. The number of ether oxygens (including phenoxy) is 4. The van der Waals surface area contributed by atoms with Gasteiger partial charge in [0.25, 0.3) is 0 Å². The van der Waals surface area contributed by atoms with Crippen molar-refractivity contribution < 1.29 is 41.3 Å². The van der Waals surface area contributed by atoms with Crippen molar-refractivity contribution in [3.8, 4) is 5.75 Å². The van der Waals surface area contributed by atoms with Crippen LogP contribution >= 0.6 is 0 Å². The molecule has 228 valence electrons. The van der Waals surface area contributed by atoms with Crippen LogP contribution in [0.4, 0.5) is 9.18 Å². The summed E-state index contributed by atoms with van der Waals surface area (Å²) in [5, 5.41) is 0.313. The molecule has 0 amide bonds. The van der Waals surface area contributed by atoms with E-state index in [1.807, 2.05) is 0 Å². The van der Waals surface area contributed by atoms with Crippen molar-refractivity contribution in [3.05, 3.63) is 59.3 Å². The van der Waals surface area contributed by atoms with Crippen LogP contribution in [0.5, 0.6) is 5.75 Å². The molecule has 3 aromatic rings. The number of hydrogen-bond donors (Lipinski definition) is 0. The predicted octanol–water partition coefficient (Wildman–Crippen LogP) is 5.41. The highest BCUT2D eigenvalue weighted by atomic mass is 32.2. The standard InChI is InChI=1S/C30H37FN2O8S/c1-19-17-25(38-5)27(23-12-14-32(26(19)23)29(35)41-30(2,3)4)42(36,37)33-15-11-22(40-16-13-31)18-24(33)20-7-9-21(10-8-20)28(34)39-6/h7-10,12,14,17,22,24H,11,13,15-16,18H2,1-6H3/t22-,24+/m1/s1. The van der Waals surface area contributed by atoms with Gasteiger partial charge in [0.05, 0.1) is 44.1 Å². The molecule has 1 fully saturated rings. The maximum atomic E-state index is 14.6. The molecule has 0 unspecified atom stereocenters. The minimum atomic E-state index is -4.25. The van der Waals surface area contributed by atoms with Gasteiger partial charge in [-0.25, -0.2) is 22.4 Å². The maximum absolute atomic E-state index is 14.6. The van der Waals surface area contributed by atoms with Crippen LogP contribution in [0.3, 0.4) is 0 Å². The first kappa shape index (κ1) is 31.5. The highest BCUT2D eigenvalue weighted by Gasteiger charge is 2.41. The summed E-state index contributed by atoms with van der Waals surface area (Å²) in [6.45, 7) is 6.37. The van der Waals surface area contributed by atoms with Crippen LogP contribution in [-0.2, 0) is 24.2 Å². The Hall–Kier alpha value is -3.48. The first-order chi connectivity index (χ1) is 19.8. The predicted molar refractivity (Wildman–Crippen MR) is 154 cm³/mol. The van der Waals surface area contributed by atoms with Gasteiger partial charge in [0.2, 0.25) is 10.0 Å². The second-order valence-corrected chi connectivity index (χ2v) is 12.9. The van der Waals surface area contributed by atoms with Gasteiger partial charge in [-0.3, -0.25) is 4.57 Å². The molecule has 12 heteroatoms. The molecule has 10 nitrogen and oxygen atoms in total. The van der Waals surface area contributed by atoms with Crippen molar-refractivity contribution in [2.45, 2.75) is 63.2 Å². The average molecular weight is 605 g/mol. The first-order valence-electron chi connectivity index (χ1n) is 13.6.